The number of nitro groups is 2. The van der Waals surface area contributed by atoms with E-state index < -0.39 is 15.9 Å². The second-order valence-electron chi connectivity index (χ2n) is 4.22. The van der Waals surface area contributed by atoms with E-state index in [1.807, 2.05) is 0 Å². The number of nitro benzene ring substituents is 1. The molecular formula is C12H9ClN6O5. The Labute approximate surface area is 138 Å². The van der Waals surface area contributed by atoms with E-state index in [9.17, 15) is 20.2 Å². The molecule has 0 spiro atoms. The number of nitrogens with two attached hydrogens (primary N) is 1. The zero-order chi connectivity index (χ0) is 17.7. The highest BCUT2D eigenvalue weighted by Crippen LogP contribution is 2.31. The van der Waals surface area contributed by atoms with Crippen LogP contribution in [0.5, 0.6) is 0 Å². The number of furan rings is 1. The maximum absolute atomic E-state index is 10.7. The topological polar surface area (TPSA) is 162 Å². The van der Waals surface area contributed by atoms with Crippen LogP contribution in [0.25, 0.3) is 11.3 Å². The average Bonchev–Trinajstić information content (AvgIpc) is 2.94. The van der Waals surface area contributed by atoms with Crippen LogP contribution >= 0.6 is 11.6 Å². The molecule has 11 nitrogen and oxygen atoms in total. The van der Waals surface area contributed by atoms with E-state index in [0.717, 1.165) is 0 Å². The van der Waals surface area contributed by atoms with Crippen molar-refractivity contribution >= 4 is 29.5 Å². The molecule has 24 heavy (non-hydrogen) atoms. The van der Waals surface area contributed by atoms with Crippen LogP contribution in [0, 0.1) is 20.2 Å². The summed E-state index contributed by atoms with van der Waals surface area (Å²) in [4.78, 5) is 20.2. The van der Waals surface area contributed by atoms with E-state index in [1.165, 1.54) is 24.4 Å². The van der Waals surface area contributed by atoms with Crippen molar-refractivity contribution in [2.75, 3.05) is 0 Å². The third-order valence-corrected chi connectivity index (χ3v) is 2.93. The number of hydrazone groups is 2. The highest BCUT2D eigenvalue weighted by atomic mass is 35.5. The number of nitrogens with one attached hydrogen (secondary N) is 1. The molecule has 0 aliphatic carbocycles. The van der Waals surface area contributed by atoms with Gasteiger partial charge in [-0.1, -0.05) is 11.6 Å². The van der Waals surface area contributed by atoms with Gasteiger partial charge in [0.1, 0.15) is 16.6 Å². The van der Waals surface area contributed by atoms with E-state index >= 15 is 0 Å². The Hall–Kier alpha value is -3.47. The molecule has 2 rings (SSSR count). The number of non-ortho nitro benzene ring substituents is 1. The zero-order valence-corrected chi connectivity index (χ0v) is 12.5. The maximum Gasteiger partial charge on any atom is 0.286 e. The predicted molar refractivity (Wildman–Crippen MR) is 85.2 cm³/mol. The van der Waals surface area contributed by atoms with Crippen LogP contribution < -0.4 is 11.2 Å². The summed E-state index contributed by atoms with van der Waals surface area (Å²) in [6.07, 6.45) is 1.21. The van der Waals surface area contributed by atoms with Gasteiger partial charge in [-0.05, 0) is 18.2 Å². The fraction of sp³-hybridized carbons (Fsp3) is 0. The molecule has 0 saturated heterocycles. The molecule has 12 heteroatoms. The molecule has 124 valence electrons. The van der Waals surface area contributed by atoms with Crippen molar-refractivity contribution < 1.29 is 14.4 Å². The molecule has 3 N–H and O–H groups in total. The van der Waals surface area contributed by atoms with E-state index in [-0.39, 0.29) is 10.7 Å². The largest absolute Gasteiger partial charge is 0.455 e. The van der Waals surface area contributed by atoms with Gasteiger partial charge in [0.2, 0.25) is 0 Å². The first-order valence-corrected chi connectivity index (χ1v) is 6.56. The lowest BCUT2D eigenvalue weighted by Crippen LogP contribution is -2.28. The van der Waals surface area contributed by atoms with Gasteiger partial charge in [0.05, 0.1) is 16.2 Å². The zero-order valence-electron chi connectivity index (χ0n) is 11.7. The number of benzene rings is 1. The summed E-state index contributed by atoms with van der Waals surface area (Å²) < 4.78 is 5.46. The summed E-state index contributed by atoms with van der Waals surface area (Å²) in [7, 11) is 0. The average molecular weight is 353 g/mol. The first-order chi connectivity index (χ1) is 11.4. The molecule has 0 unspecified atom stereocenters. The minimum atomic E-state index is -0.973. The number of hydrogen-bond acceptors (Lipinski definition) is 6. The monoisotopic (exact) mass is 352 g/mol. The van der Waals surface area contributed by atoms with Gasteiger partial charge in [-0.2, -0.15) is 5.10 Å². The highest BCUT2D eigenvalue weighted by molar-refractivity contribution is 6.33. The van der Waals surface area contributed by atoms with E-state index in [2.05, 4.69) is 15.6 Å². The molecule has 0 aliphatic heterocycles. The van der Waals surface area contributed by atoms with Crippen molar-refractivity contribution in [2.45, 2.75) is 0 Å². The predicted octanol–water partition coefficient (Wildman–Crippen LogP) is 1.94. The Bertz CT molecular complexity index is 846. The van der Waals surface area contributed by atoms with Crippen molar-refractivity contribution in [1.82, 2.24) is 5.43 Å². The third-order valence-electron chi connectivity index (χ3n) is 2.62. The van der Waals surface area contributed by atoms with Crippen molar-refractivity contribution in [3.63, 3.8) is 0 Å². The van der Waals surface area contributed by atoms with Crippen molar-refractivity contribution in [3.05, 3.63) is 61.3 Å². The van der Waals surface area contributed by atoms with Gasteiger partial charge in [-0.3, -0.25) is 10.1 Å². The lowest BCUT2D eigenvalue weighted by atomic mass is 10.1. The van der Waals surface area contributed by atoms with Gasteiger partial charge in [0.25, 0.3) is 11.6 Å². The van der Waals surface area contributed by atoms with Crippen LogP contribution in [0.15, 0.2) is 45.0 Å². The Morgan fingerprint density at radius 3 is 2.67 bits per heavy atom. The Morgan fingerprint density at radius 2 is 2.04 bits per heavy atom. The number of guanidine groups is 1. The van der Waals surface area contributed by atoms with Crippen molar-refractivity contribution in [3.8, 4) is 11.3 Å². The fourth-order valence-electron chi connectivity index (χ4n) is 1.66. The number of halogens is 1. The molecule has 1 heterocycles. The molecule has 0 bridgehead atoms. The Morgan fingerprint density at radius 1 is 1.29 bits per heavy atom. The third kappa shape index (κ3) is 4.27. The summed E-state index contributed by atoms with van der Waals surface area (Å²) in [6.45, 7) is 0. The first-order valence-electron chi connectivity index (χ1n) is 6.18. The van der Waals surface area contributed by atoms with Gasteiger partial charge in [0, 0.05) is 17.7 Å². The highest BCUT2D eigenvalue weighted by Gasteiger charge is 2.13. The molecule has 0 atom stereocenters. The van der Waals surface area contributed by atoms with E-state index in [0.29, 0.717) is 17.1 Å². The number of nitrogens with zero attached hydrogens (tertiary/aromatic N) is 4. The van der Waals surface area contributed by atoms with Gasteiger partial charge < -0.3 is 10.2 Å². The number of rotatable bonds is 5. The van der Waals surface area contributed by atoms with Gasteiger partial charge in [0.15, 0.2) is 5.03 Å². The van der Waals surface area contributed by atoms with E-state index in [4.69, 9.17) is 21.8 Å². The number of hydrogen-bond donors (Lipinski definition) is 2. The standard InChI is InChI=1S/C12H9ClN6O5/c13-10-5-7(18(20)21)1-3-9(10)11-4-2-8(24-11)6-15-16-12(14)17-19(22)23/h1-6H,(H3,14,16,17)/b15-6+. The Balaban J connectivity index is 2.13. The van der Waals surface area contributed by atoms with Crippen molar-refractivity contribution in [2.24, 2.45) is 15.9 Å². The van der Waals surface area contributed by atoms with Crippen LogP contribution in [0.1, 0.15) is 5.76 Å². The lowest BCUT2D eigenvalue weighted by molar-refractivity contribution is -0.485. The van der Waals surface area contributed by atoms with Crippen LogP contribution in [0.2, 0.25) is 5.02 Å². The molecule has 1 aromatic carbocycles. The van der Waals surface area contributed by atoms with Gasteiger partial charge in [-0.15, -0.1) is 0 Å². The fourth-order valence-corrected chi connectivity index (χ4v) is 1.92. The molecule has 0 amide bonds. The van der Waals surface area contributed by atoms with Crippen LogP contribution in [-0.2, 0) is 0 Å². The normalized spacial score (nSPS) is 11.6. The van der Waals surface area contributed by atoms with Crippen molar-refractivity contribution in [1.29, 1.82) is 0 Å². The van der Waals surface area contributed by atoms with Crippen LogP contribution in [0.3, 0.4) is 0 Å². The van der Waals surface area contributed by atoms with Crippen LogP contribution in [0.4, 0.5) is 5.69 Å². The summed E-state index contributed by atoms with van der Waals surface area (Å²) in [5.74, 6) is 0.158. The SMILES string of the molecule is N/C(=N/[N+](=O)[O-])N/N=C/c1ccc(-c2ccc([N+](=O)[O-])cc2Cl)o1. The first kappa shape index (κ1) is 16.9. The maximum atomic E-state index is 10.7. The minimum Gasteiger partial charge on any atom is -0.455 e. The molecule has 0 radical (unpaired) electrons. The second-order valence-corrected chi connectivity index (χ2v) is 4.62. The molecule has 0 saturated carbocycles. The molecule has 2 aromatic rings. The summed E-state index contributed by atoms with van der Waals surface area (Å²) in [5, 5.41) is 26.3. The Kier molecular flexibility index (Phi) is 5.06. The molecular weight excluding hydrogens is 344 g/mol. The smallest absolute Gasteiger partial charge is 0.286 e. The minimum absolute atomic E-state index is 0.137. The molecule has 1 aromatic heterocycles. The van der Waals surface area contributed by atoms with Gasteiger partial charge in [-0.25, -0.2) is 15.5 Å². The van der Waals surface area contributed by atoms with Crippen LogP contribution in [-0.4, -0.2) is 22.1 Å². The summed E-state index contributed by atoms with van der Waals surface area (Å²) in [5.41, 5.74) is 7.64. The quantitative estimate of drug-likeness (QED) is 0.359. The van der Waals surface area contributed by atoms with Gasteiger partial charge >= 0.3 is 0 Å². The molecule has 0 fully saturated rings. The lowest BCUT2D eigenvalue weighted by Gasteiger charge is -2.00. The second kappa shape index (κ2) is 7.19. The van der Waals surface area contributed by atoms with E-state index in [1.54, 1.807) is 12.1 Å². The molecule has 0 aliphatic rings. The summed E-state index contributed by atoms with van der Waals surface area (Å²) >= 11 is 6.01. The summed E-state index contributed by atoms with van der Waals surface area (Å²) in [6, 6.07) is 7.11.